The summed E-state index contributed by atoms with van der Waals surface area (Å²) in [6.45, 7) is 4.45. The Bertz CT molecular complexity index is 474. The summed E-state index contributed by atoms with van der Waals surface area (Å²) in [6, 6.07) is 11.1. The van der Waals surface area contributed by atoms with Gasteiger partial charge in [0.1, 0.15) is 0 Å². The molecule has 0 aromatic heterocycles. The van der Waals surface area contributed by atoms with Gasteiger partial charge in [0.15, 0.2) is 5.96 Å². The Hall–Kier alpha value is -0.780. The summed E-state index contributed by atoms with van der Waals surface area (Å²) in [7, 11) is 0. The van der Waals surface area contributed by atoms with E-state index < -0.39 is 0 Å². The third-order valence-electron chi connectivity index (χ3n) is 4.51. The minimum absolute atomic E-state index is 0. The molecular formula is C17H26IN3. The molecule has 3 rings (SSSR count). The van der Waals surface area contributed by atoms with E-state index in [1.807, 2.05) is 0 Å². The molecule has 1 aromatic rings. The Kier molecular flexibility index (Phi) is 5.90. The Morgan fingerprint density at radius 1 is 1.33 bits per heavy atom. The molecule has 0 bridgehead atoms. The normalized spacial score (nSPS) is 28.9. The maximum Gasteiger partial charge on any atom is 0.191 e. The summed E-state index contributed by atoms with van der Waals surface area (Å²) in [6.07, 6.45) is 4.90. The van der Waals surface area contributed by atoms with Crippen molar-refractivity contribution in [3.8, 4) is 0 Å². The number of hydrogen-bond donors (Lipinski definition) is 1. The van der Waals surface area contributed by atoms with Crippen LogP contribution in [-0.2, 0) is 6.42 Å². The van der Waals surface area contributed by atoms with Gasteiger partial charge in [-0.25, -0.2) is 4.99 Å². The first-order chi connectivity index (χ1) is 9.72. The number of nitrogens with two attached hydrogens (primary N) is 1. The van der Waals surface area contributed by atoms with Crippen LogP contribution in [0.1, 0.15) is 31.7 Å². The molecule has 1 saturated heterocycles. The SMILES string of the molecule is CC1CCCN(C(N)=NC2CC2Cc2ccccc2)C1.I. The van der Waals surface area contributed by atoms with Crippen LogP contribution in [-0.4, -0.2) is 30.0 Å². The number of halogens is 1. The number of guanidine groups is 1. The molecule has 2 fully saturated rings. The molecule has 3 unspecified atom stereocenters. The predicted molar refractivity (Wildman–Crippen MR) is 99.0 cm³/mol. The number of aliphatic imine (C=N–C) groups is 1. The maximum absolute atomic E-state index is 6.18. The zero-order chi connectivity index (χ0) is 13.9. The van der Waals surface area contributed by atoms with E-state index in [-0.39, 0.29) is 24.0 Å². The van der Waals surface area contributed by atoms with E-state index in [1.165, 1.54) is 24.8 Å². The number of nitrogens with zero attached hydrogens (tertiary/aromatic N) is 2. The molecule has 4 heteroatoms. The van der Waals surface area contributed by atoms with Gasteiger partial charge < -0.3 is 10.6 Å². The van der Waals surface area contributed by atoms with E-state index in [0.29, 0.717) is 12.0 Å². The Morgan fingerprint density at radius 2 is 2.10 bits per heavy atom. The number of piperidine rings is 1. The fourth-order valence-electron chi connectivity index (χ4n) is 3.17. The van der Waals surface area contributed by atoms with E-state index in [9.17, 15) is 0 Å². The molecule has 116 valence electrons. The molecule has 2 aliphatic rings. The molecule has 1 aliphatic heterocycles. The zero-order valence-corrected chi connectivity index (χ0v) is 15.1. The minimum atomic E-state index is 0. The van der Waals surface area contributed by atoms with Gasteiger partial charge >= 0.3 is 0 Å². The molecule has 1 heterocycles. The van der Waals surface area contributed by atoms with Crippen LogP contribution in [0.15, 0.2) is 35.3 Å². The second-order valence-corrected chi connectivity index (χ2v) is 6.43. The Morgan fingerprint density at radius 3 is 2.81 bits per heavy atom. The molecule has 1 aliphatic carbocycles. The van der Waals surface area contributed by atoms with Crippen LogP contribution < -0.4 is 5.73 Å². The quantitative estimate of drug-likeness (QED) is 0.482. The highest BCUT2D eigenvalue weighted by molar-refractivity contribution is 14.0. The fourth-order valence-corrected chi connectivity index (χ4v) is 3.17. The van der Waals surface area contributed by atoms with Crippen LogP contribution in [0.4, 0.5) is 0 Å². The maximum atomic E-state index is 6.18. The summed E-state index contributed by atoms with van der Waals surface area (Å²) in [4.78, 5) is 7.01. The highest BCUT2D eigenvalue weighted by Gasteiger charge is 2.37. The van der Waals surface area contributed by atoms with Crippen LogP contribution in [0.3, 0.4) is 0 Å². The summed E-state index contributed by atoms with van der Waals surface area (Å²) in [5.41, 5.74) is 7.60. The summed E-state index contributed by atoms with van der Waals surface area (Å²) < 4.78 is 0. The van der Waals surface area contributed by atoms with Gasteiger partial charge in [-0.05, 0) is 43.1 Å². The number of rotatable bonds is 3. The number of benzene rings is 1. The van der Waals surface area contributed by atoms with Gasteiger partial charge in [0.25, 0.3) is 0 Å². The first kappa shape index (κ1) is 16.6. The smallest absolute Gasteiger partial charge is 0.191 e. The second-order valence-electron chi connectivity index (χ2n) is 6.43. The highest BCUT2D eigenvalue weighted by atomic mass is 127. The van der Waals surface area contributed by atoms with Crippen molar-refractivity contribution in [3.63, 3.8) is 0 Å². The summed E-state index contributed by atoms with van der Waals surface area (Å²) in [5, 5.41) is 0. The number of hydrogen-bond acceptors (Lipinski definition) is 1. The summed E-state index contributed by atoms with van der Waals surface area (Å²) in [5.74, 6) is 2.21. The van der Waals surface area contributed by atoms with E-state index in [0.717, 1.165) is 31.4 Å². The molecule has 3 nitrogen and oxygen atoms in total. The lowest BCUT2D eigenvalue weighted by Crippen LogP contribution is -2.43. The van der Waals surface area contributed by atoms with Crippen LogP contribution in [0.2, 0.25) is 0 Å². The van der Waals surface area contributed by atoms with Crippen LogP contribution in [0.5, 0.6) is 0 Å². The average molecular weight is 399 g/mol. The van der Waals surface area contributed by atoms with Gasteiger partial charge in [0.2, 0.25) is 0 Å². The van der Waals surface area contributed by atoms with Gasteiger partial charge in [-0.2, -0.15) is 0 Å². The van der Waals surface area contributed by atoms with Gasteiger partial charge in [-0.1, -0.05) is 37.3 Å². The van der Waals surface area contributed by atoms with Crippen molar-refractivity contribution in [1.82, 2.24) is 4.90 Å². The second kappa shape index (κ2) is 7.47. The first-order valence-electron chi connectivity index (χ1n) is 7.84. The van der Waals surface area contributed by atoms with Gasteiger partial charge in [-0.3, -0.25) is 0 Å². The van der Waals surface area contributed by atoms with Crippen molar-refractivity contribution in [2.75, 3.05) is 13.1 Å². The largest absolute Gasteiger partial charge is 0.370 e. The van der Waals surface area contributed by atoms with Crippen LogP contribution in [0.25, 0.3) is 0 Å². The van der Waals surface area contributed by atoms with Gasteiger partial charge in [0, 0.05) is 13.1 Å². The third kappa shape index (κ3) is 4.59. The van der Waals surface area contributed by atoms with Crippen molar-refractivity contribution in [2.24, 2.45) is 22.6 Å². The van der Waals surface area contributed by atoms with Gasteiger partial charge in [-0.15, -0.1) is 24.0 Å². The molecule has 0 amide bonds. The minimum Gasteiger partial charge on any atom is -0.370 e. The standard InChI is InChI=1S/C17H25N3.HI/c1-13-6-5-9-20(12-13)17(18)19-16-11-15(16)10-14-7-3-2-4-8-14;/h2-4,7-8,13,15-16H,5-6,9-12H2,1H3,(H2,18,19);1H. The molecular weight excluding hydrogens is 373 g/mol. The van der Waals surface area contributed by atoms with E-state index in [4.69, 9.17) is 10.7 Å². The molecule has 21 heavy (non-hydrogen) atoms. The molecule has 3 atom stereocenters. The van der Waals surface area contributed by atoms with Gasteiger partial charge in [0.05, 0.1) is 6.04 Å². The highest BCUT2D eigenvalue weighted by Crippen LogP contribution is 2.37. The summed E-state index contributed by atoms with van der Waals surface area (Å²) >= 11 is 0. The van der Waals surface area contributed by atoms with Crippen LogP contribution in [0, 0.1) is 11.8 Å². The van der Waals surface area contributed by atoms with E-state index >= 15 is 0 Å². The third-order valence-corrected chi connectivity index (χ3v) is 4.51. The van der Waals surface area contributed by atoms with Crippen LogP contribution >= 0.6 is 24.0 Å². The van der Waals surface area contributed by atoms with Crippen molar-refractivity contribution in [3.05, 3.63) is 35.9 Å². The molecule has 2 N–H and O–H groups in total. The lowest BCUT2D eigenvalue weighted by atomic mass is 10.0. The predicted octanol–water partition coefficient (Wildman–Crippen LogP) is 3.28. The Balaban J connectivity index is 0.00000161. The zero-order valence-electron chi connectivity index (χ0n) is 12.7. The van der Waals surface area contributed by atoms with Crippen molar-refractivity contribution < 1.29 is 0 Å². The lowest BCUT2D eigenvalue weighted by molar-refractivity contribution is 0.270. The molecule has 1 aromatic carbocycles. The fraction of sp³-hybridized carbons (Fsp3) is 0.588. The topological polar surface area (TPSA) is 41.6 Å². The molecule has 0 radical (unpaired) electrons. The molecule has 1 saturated carbocycles. The van der Waals surface area contributed by atoms with Crippen molar-refractivity contribution in [2.45, 2.75) is 38.6 Å². The average Bonchev–Trinajstić information content (AvgIpc) is 3.17. The first-order valence-corrected chi connectivity index (χ1v) is 7.84. The monoisotopic (exact) mass is 399 g/mol. The van der Waals surface area contributed by atoms with Crippen molar-refractivity contribution in [1.29, 1.82) is 0 Å². The van der Waals surface area contributed by atoms with E-state index in [2.05, 4.69) is 42.2 Å². The van der Waals surface area contributed by atoms with E-state index in [1.54, 1.807) is 0 Å². The number of likely N-dealkylation sites (tertiary alicyclic amines) is 1. The lowest BCUT2D eigenvalue weighted by Gasteiger charge is -2.31. The Labute approximate surface area is 145 Å². The van der Waals surface area contributed by atoms with Crippen molar-refractivity contribution >= 4 is 29.9 Å². The molecule has 0 spiro atoms.